The van der Waals surface area contributed by atoms with Gasteiger partial charge in [0.05, 0.1) is 12.1 Å². The summed E-state index contributed by atoms with van der Waals surface area (Å²) < 4.78 is 0. The number of aliphatic hydroxyl groups is 1. The summed E-state index contributed by atoms with van der Waals surface area (Å²) >= 11 is 0. The normalized spacial score (nSPS) is 21.4. The molecule has 2 aliphatic heterocycles. The van der Waals surface area contributed by atoms with Gasteiger partial charge in [0.25, 0.3) is 5.91 Å². The van der Waals surface area contributed by atoms with E-state index in [0.717, 1.165) is 19.5 Å². The Morgan fingerprint density at radius 1 is 1.46 bits per heavy atom. The van der Waals surface area contributed by atoms with Crippen LogP contribution < -0.4 is 10.6 Å². The maximum atomic E-state index is 12.0. The molecular weight excluding hydrogens is 304 g/mol. The third kappa shape index (κ3) is 4.21. The molecule has 0 radical (unpaired) electrons. The van der Waals surface area contributed by atoms with Gasteiger partial charge >= 0.3 is 0 Å². The van der Waals surface area contributed by atoms with Crippen molar-refractivity contribution in [3.05, 3.63) is 47.3 Å². The van der Waals surface area contributed by atoms with Gasteiger partial charge in [-0.3, -0.25) is 14.7 Å². The SMILES string of the molecule is CC1C=NC(C(=O)NC[C@H](O)CN2CCc3ccccc3C2)=CN1. The maximum absolute atomic E-state index is 12.0. The minimum absolute atomic E-state index is 0.133. The third-order valence-corrected chi connectivity index (χ3v) is 4.33. The number of carbonyl (C=O) groups is 1. The highest BCUT2D eigenvalue weighted by molar-refractivity contribution is 5.95. The van der Waals surface area contributed by atoms with Gasteiger partial charge in [0.2, 0.25) is 0 Å². The van der Waals surface area contributed by atoms with Crippen LogP contribution in [-0.2, 0) is 17.8 Å². The van der Waals surface area contributed by atoms with E-state index in [1.165, 1.54) is 11.1 Å². The zero-order valence-corrected chi connectivity index (χ0v) is 13.9. The van der Waals surface area contributed by atoms with Gasteiger partial charge in [0, 0.05) is 38.6 Å². The first-order valence-corrected chi connectivity index (χ1v) is 8.37. The van der Waals surface area contributed by atoms with E-state index < -0.39 is 6.10 Å². The van der Waals surface area contributed by atoms with Crippen molar-refractivity contribution in [3.63, 3.8) is 0 Å². The third-order valence-electron chi connectivity index (χ3n) is 4.33. The topological polar surface area (TPSA) is 77.0 Å². The fourth-order valence-electron chi connectivity index (χ4n) is 2.98. The molecule has 0 aromatic heterocycles. The summed E-state index contributed by atoms with van der Waals surface area (Å²) in [5.41, 5.74) is 3.05. The maximum Gasteiger partial charge on any atom is 0.271 e. The Kier molecular flexibility index (Phi) is 5.27. The van der Waals surface area contributed by atoms with E-state index in [2.05, 4.69) is 38.7 Å². The van der Waals surface area contributed by atoms with E-state index in [4.69, 9.17) is 0 Å². The number of benzene rings is 1. The molecule has 6 heteroatoms. The van der Waals surface area contributed by atoms with Gasteiger partial charge < -0.3 is 15.7 Å². The van der Waals surface area contributed by atoms with Crippen LogP contribution in [0, 0.1) is 0 Å². The first-order chi connectivity index (χ1) is 11.6. The highest BCUT2D eigenvalue weighted by atomic mass is 16.3. The largest absolute Gasteiger partial charge is 0.390 e. The number of rotatable bonds is 5. The number of aliphatic imine (C=N–C) groups is 1. The summed E-state index contributed by atoms with van der Waals surface area (Å²) in [5, 5.41) is 16.0. The number of hydrogen-bond donors (Lipinski definition) is 3. The molecule has 3 N–H and O–H groups in total. The second kappa shape index (κ2) is 7.59. The van der Waals surface area contributed by atoms with E-state index in [9.17, 15) is 9.90 Å². The van der Waals surface area contributed by atoms with Crippen LogP contribution in [0.25, 0.3) is 0 Å². The molecule has 0 fully saturated rings. The van der Waals surface area contributed by atoms with Gasteiger partial charge in [-0.05, 0) is 24.5 Å². The lowest BCUT2D eigenvalue weighted by molar-refractivity contribution is -0.118. The fraction of sp³-hybridized carbons (Fsp3) is 0.444. The summed E-state index contributed by atoms with van der Waals surface area (Å²) in [6.07, 6.45) is 3.70. The number of hydrogen-bond acceptors (Lipinski definition) is 5. The second-order valence-corrected chi connectivity index (χ2v) is 6.38. The average Bonchev–Trinajstić information content (AvgIpc) is 2.60. The van der Waals surface area contributed by atoms with E-state index in [-0.39, 0.29) is 18.5 Å². The Labute approximate surface area is 142 Å². The first kappa shape index (κ1) is 16.7. The van der Waals surface area contributed by atoms with Crippen molar-refractivity contribution in [2.24, 2.45) is 4.99 Å². The molecule has 0 bridgehead atoms. The van der Waals surface area contributed by atoms with Crippen molar-refractivity contribution >= 4 is 12.1 Å². The van der Waals surface area contributed by atoms with Crippen molar-refractivity contribution < 1.29 is 9.90 Å². The first-order valence-electron chi connectivity index (χ1n) is 8.37. The van der Waals surface area contributed by atoms with Crippen LogP contribution in [0.15, 0.2) is 41.2 Å². The Hall–Kier alpha value is -2.18. The van der Waals surface area contributed by atoms with E-state index in [1.807, 2.05) is 13.0 Å². The van der Waals surface area contributed by atoms with Crippen molar-refractivity contribution in [3.8, 4) is 0 Å². The van der Waals surface area contributed by atoms with Crippen LogP contribution in [0.1, 0.15) is 18.1 Å². The Morgan fingerprint density at radius 3 is 3.00 bits per heavy atom. The van der Waals surface area contributed by atoms with Crippen molar-refractivity contribution in [2.75, 3.05) is 19.6 Å². The predicted molar refractivity (Wildman–Crippen MR) is 93.6 cm³/mol. The van der Waals surface area contributed by atoms with Crippen molar-refractivity contribution in [2.45, 2.75) is 32.0 Å². The molecule has 1 aromatic rings. The van der Waals surface area contributed by atoms with E-state index in [1.54, 1.807) is 12.4 Å². The second-order valence-electron chi connectivity index (χ2n) is 6.38. The molecule has 128 valence electrons. The van der Waals surface area contributed by atoms with Crippen LogP contribution in [0.2, 0.25) is 0 Å². The van der Waals surface area contributed by atoms with Crippen LogP contribution in [0.4, 0.5) is 0 Å². The summed E-state index contributed by atoms with van der Waals surface area (Å²) in [6, 6.07) is 8.55. The van der Waals surface area contributed by atoms with Gasteiger partial charge in [-0.2, -0.15) is 0 Å². The number of nitrogens with zero attached hydrogens (tertiary/aromatic N) is 2. The van der Waals surface area contributed by atoms with E-state index in [0.29, 0.717) is 12.2 Å². The van der Waals surface area contributed by atoms with Gasteiger partial charge in [0.15, 0.2) is 0 Å². The molecule has 24 heavy (non-hydrogen) atoms. The number of fused-ring (bicyclic) bond motifs is 1. The molecule has 1 unspecified atom stereocenters. The monoisotopic (exact) mass is 328 g/mol. The summed E-state index contributed by atoms with van der Waals surface area (Å²) in [5.74, 6) is -0.270. The lowest BCUT2D eigenvalue weighted by Crippen LogP contribution is -2.42. The molecule has 0 saturated carbocycles. The van der Waals surface area contributed by atoms with Crippen LogP contribution >= 0.6 is 0 Å². The molecule has 0 saturated heterocycles. The summed E-state index contributed by atoms with van der Waals surface area (Å²) in [6.45, 7) is 4.50. The Morgan fingerprint density at radius 2 is 2.25 bits per heavy atom. The molecule has 1 amide bonds. The highest BCUT2D eigenvalue weighted by Gasteiger charge is 2.19. The number of carbonyl (C=O) groups excluding carboxylic acids is 1. The molecule has 3 rings (SSSR count). The minimum Gasteiger partial charge on any atom is -0.390 e. The van der Waals surface area contributed by atoms with Crippen molar-refractivity contribution in [1.29, 1.82) is 0 Å². The molecule has 1 aromatic carbocycles. The Balaban J connectivity index is 1.44. The Bertz CT molecular complexity index is 656. The number of amides is 1. The van der Waals surface area contributed by atoms with Gasteiger partial charge in [-0.1, -0.05) is 24.3 Å². The molecule has 2 heterocycles. The quantitative estimate of drug-likeness (QED) is 0.732. The minimum atomic E-state index is -0.598. The lowest BCUT2D eigenvalue weighted by atomic mass is 10.00. The summed E-state index contributed by atoms with van der Waals surface area (Å²) in [4.78, 5) is 18.3. The zero-order chi connectivity index (χ0) is 16.9. The molecule has 2 atom stereocenters. The molecule has 2 aliphatic rings. The van der Waals surface area contributed by atoms with Gasteiger partial charge in [-0.25, -0.2) is 0 Å². The lowest BCUT2D eigenvalue weighted by Gasteiger charge is -2.30. The standard InChI is InChI=1S/C18H24N4O2/c1-13-8-20-17(10-19-13)18(24)21-9-16(23)12-22-7-6-14-4-2-3-5-15(14)11-22/h2-5,8,10,13,16,19,23H,6-7,9,11-12H2,1H3,(H,21,24)/t13?,16-/m0/s1. The zero-order valence-electron chi connectivity index (χ0n) is 13.9. The molecule has 6 nitrogen and oxygen atoms in total. The number of β-amino-alcohol motifs (C(OH)–C–C–N with tert-alkyl or cyclic N) is 1. The van der Waals surface area contributed by atoms with Crippen LogP contribution in [0.5, 0.6) is 0 Å². The number of aliphatic hydroxyl groups excluding tert-OH is 1. The fourth-order valence-corrected chi connectivity index (χ4v) is 2.98. The van der Waals surface area contributed by atoms with Gasteiger partial charge in [-0.15, -0.1) is 0 Å². The van der Waals surface area contributed by atoms with Crippen LogP contribution in [0.3, 0.4) is 0 Å². The predicted octanol–water partition coefficient (Wildman–Crippen LogP) is 0.426. The molecule has 0 spiro atoms. The van der Waals surface area contributed by atoms with Gasteiger partial charge in [0.1, 0.15) is 5.70 Å². The smallest absolute Gasteiger partial charge is 0.271 e. The summed E-state index contributed by atoms with van der Waals surface area (Å²) in [7, 11) is 0. The van der Waals surface area contributed by atoms with Crippen molar-refractivity contribution in [1.82, 2.24) is 15.5 Å². The number of nitrogens with one attached hydrogen (secondary N) is 2. The van der Waals surface area contributed by atoms with E-state index >= 15 is 0 Å². The molecular formula is C18H24N4O2. The highest BCUT2D eigenvalue weighted by Crippen LogP contribution is 2.18. The van der Waals surface area contributed by atoms with Crippen LogP contribution in [-0.4, -0.2) is 53.9 Å². The average molecular weight is 328 g/mol. The molecule has 0 aliphatic carbocycles.